The van der Waals surface area contributed by atoms with Crippen LogP contribution in [0.5, 0.6) is 0 Å². The number of nitrogens with zero attached hydrogens (tertiary/aromatic N) is 1. The minimum Gasteiger partial charge on any atom is -0.469 e. The predicted molar refractivity (Wildman–Crippen MR) is 90.2 cm³/mol. The number of unbranched alkanes of at least 4 members (excludes halogenated alkanes) is 3. The molecule has 2 N–H and O–H groups in total. The number of rotatable bonds is 9. The number of aliphatic imine (C=N–C) groups is 1. The van der Waals surface area contributed by atoms with Gasteiger partial charge in [0.15, 0.2) is 5.96 Å². The van der Waals surface area contributed by atoms with Crippen molar-refractivity contribution in [1.82, 2.24) is 10.6 Å². The van der Waals surface area contributed by atoms with E-state index in [1.54, 1.807) is 0 Å². The Balaban J connectivity index is 0. The average molecular weight is 385 g/mol. The van der Waals surface area contributed by atoms with Crippen LogP contribution < -0.4 is 10.6 Å². The van der Waals surface area contributed by atoms with E-state index in [4.69, 9.17) is 0 Å². The van der Waals surface area contributed by atoms with Gasteiger partial charge in [-0.15, -0.1) is 24.0 Å². The number of hydrogen-bond donors (Lipinski definition) is 2. The van der Waals surface area contributed by atoms with E-state index >= 15 is 0 Å². The molecule has 0 amide bonds. The molecule has 0 aromatic rings. The van der Waals surface area contributed by atoms with E-state index in [9.17, 15) is 4.79 Å². The highest BCUT2D eigenvalue weighted by Crippen LogP contribution is 1.98. The molecule has 0 heterocycles. The largest absolute Gasteiger partial charge is 0.469 e. The van der Waals surface area contributed by atoms with Crippen LogP contribution in [-0.4, -0.2) is 38.7 Å². The summed E-state index contributed by atoms with van der Waals surface area (Å²) >= 11 is 0. The van der Waals surface area contributed by atoms with E-state index in [1.165, 1.54) is 26.4 Å². The number of carbonyl (C=O) groups is 1. The first kappa shape index (κ1) is 20.8. The van der Waals surface area contributed by atoms with Crippen LogP contribution in [0.4, 0.5) is 0 Å². The Bertz CT molecular complexity index is 248. The third-order valence-electron chi connectivity index (χ3n) is 2.48. The molecule has 0 aliphatic carbocycles. The molecule has 0 aliphatic heterocycles. The number of nitrogens with one attached hydrogen (secondary N) is 2. The van der Waals surface area contributed by atoms with E-state index in [2.05, 4.69) is 27.3 Å². The molecule has 0 bridgehead atoms. The molecular weight excluding hydrogens is 357 g/mol. The van der Waals surface area contributed by atoms with Crippen LogP contribution in [0.15, 0.2) is 4.99 Å². The van der Waals surface area contributed by atoms with Crippen molar-refractivity contribution in [3.8, 4) is 0 Å². The van der Waals surface area contributed by atoms with Crippen molar-refractivity contribution in [1.29, 1.82) is 0 Å². The maximum Gasteiger partial charge on any atom is 0.307 e. The van der Waals surface area contributed by atoms with Gasteiger partial charge in [-0.3, -0.25) is 9.79 Å². The molecule has 0 atom stereocenters. The van der Waals surface area contributed by atoms with Crippen LogP contribution in [0, 0.1) is 0 Å². The fourth-order valence-electron chi connectivity index (χ4n) is 1.46. The van der Waals surface area contributed by atoms with E-state index in [-0.39, 0.29) is 29.9 Å². The zero-order valence-corrected chi connectivity index (χ0v) is 14.7. The molecule has 0 radical (unpaired) electrons. The first-order valence-electron chi connectivity index (χ1n) is 6.83. The highest BCUT2D eigenvalue weighted by Gasteiger charge is 2.01. The topological polar surface area (TPSA) is 62.7 Å². The summed E-state index contributed by atoms with van der Waals surface area (Å²) in [7, 11) is 1.40. The summed E-state index contributed by atoms with van der Waals surface area (Å²) < 4.78 is 4.58. The van der Waals surface area contributed by atoms with Crippen molar-refractivity contribution in [2.45, 2.75) is 46.0 Å². The Labute approximate surface area is 134 Å². The summed E-state index contributed by atoms with van der Waals surface area (Å²) in [6, 6.07) is 0. The lowest BCUT2D eigenvalue weighted by atomic mass is 10.2. The monoisotopic (exact) mass is 385 g/mol. The van der Waals surface area contributed by atoms with Crippen LogP contribution in [0.25, 0.3) is 0 Å². The summed E-state index contributed by atoms with van der Waals surface area (Å²) in [5.41, 5.74) is 0. The first-order chi connectivity index (χ1) is 8.74. The minimum absolute atomic E-state index is 0. The van der Waals surface area contributed by atoms with Gasteiger partial charge in [-0.2, -0.15) is 0 Å². The van der Waals surface area contributed by atoms with Crippen LogP contribution in [0.1, 0.15) is 46.0 Å². The van der Waals surface area contributed by atoms with Gasteiger partial charge in [0.2, 0.25) is 0 Å². The van der Waals surface area contributed by atoms with Crippen LogP contribution >= 0.6 is 24.0 Å². The predicted octanol–water partition coefficient (Wildman–Crippen LogP) is 2.30. The molecule has 0 rings (SSSR count). The fourth-order valence-corrected chi connectivity index (χ4v) is 1.46. The normalized spacial score (nSPS) is 10.6. The van der Waals surface area contributed by atoms with Crippen molar-refractivity contribution in [3.05, 3.63) is 0 Å². The number of carbonyl (C=O) groups excluding carboxylic acids is 1. The number of methoxy groups -OCH3 is 1. The lowest BCUT2D eigenvalue weighted by molar-refractivity contribution is -0.140. The third-order valence-corrected chi connectivity index (χ3v) is 2.48. The maximum absolute atomic E-state index is 11.0. The lowest BCUT2D eigenvalue weighted by Crippen LogP contribution is -2.38. The van der Waals surface area contributed by atoms with Crippen molar-refractivity contribution >= 4 is 35.9 Å². The molecule has 6 heteroatoms. The van der Waals surface area contributed by atoms with Gasteiger partial charge in [0, 0.05) is 19.6 Å². The summed E-state index contributed by atoms with van der Waals surface area (Å²) in [5, 5.41) is 6.27. The second-order valence-electron chi connectivity index (χ2n) is 4.07. The van der Waals surface area contributed by atoms with Gasteiger partial charge in [-0.1, -0.05) is 26.2 Å². The Kier molecular flexibility index (Phi) is 17.0. The average Bonchev–Trinajstić information content (AvgIpc) is 2.38. The Morgan fingerprint density at radius 2 is 1.89 bits per heavy atom. The quantitative estimate of drug-likeness (QED) is 0.210. The highest BCUT2D eigenvalue weighted by molar-refractivity contribution is 14.0. The van der Waals surface area contributed by atoms with Gasteiger partial charge < -0.3 is 15.4 Å². The number of esters is 1. The minimum atomic E-state index is -0.207. The van der Waals surface area contributed by atoms with Gasteiger partial charge >= 0.3 is 5.97 Å². The molecule has 0 aromatic heterocycles. The third kappa shape index (κ3) is 13.7. The number of guanidine groups is 1. The number of halogens is 1. The Morgan fingerprint density at radius 1 is 1.16 bits per heavy atom. The molecule has 0 unspecified atom stereocenters. The molecule has 5 nitrogen and oxygen atoms in total. The van der Waals surface area contributed by atoms with E-state index in [0.717, 1.165) is 25.5 Å². The van der Waals surface area contributed by atoms with E-state index in [1.807, 2.05) is 6.92 Å². The number of hydrogen-bond acceptors (Lipinski definition) is 3. The molecule has 0 aromatic carbocycles. The Morgan fingerprint density at radius 3 is 2.47 bits per heavy atom. The molecular formula is C13H28IN3O2. The molecule has 0 saturated carbocycles. The molecule has 19 heavy (non-hydrogen) atoms. The smallest absolute Gasteiger partial charge is 0.307 e. The Hall–Kier alpha value is -0.530. The summed E-state index contributed by atoms with van der Waals surface area (Å²) in [4.78, 5) is 15.4. The van der Waals surface area contributed by atoms with Gasteiger partial charge in [-0.05, 0) is 13.3 Å². The zero-order chi connectivity index (χ0) is 13.6. The van der Waals surface area contributed by atoms with Crippen molar-refractivity contribution in [2.24, 2.45) is 4.99 Å². The van der Waals surface area contributed by atoms with Crippen molar-refractivity contribution < 1.29 is 9.53 Å². The van der Waals surface area contributed by atoms with Gasteiger partial charge in [0.05, 0.1) is 13.5 Å². The zero-order valence-electron chi connectivity index (χ0n) is 12.3. The SMILES string of the molecule is CCCCCCN=C(NCC)NCCC(=O)OC.I. The van der Waals surface area contributed by atoms with Crippen molar-refractivity contribution in [3.63, 3.8) is 0 Å². The van der Waals surface area contributed by atoms with Crippen LogP contribution in [0.3, 0.4) is 0 Å². The molecule has 0 aliphatic rings. The van der Waals surface area contributed by atoms with Crippen LogP contribution in [0.2, 0.25) is 0 Å². The second kappa shape index (κ2) is 15.5. The van der Waals surface area contributed by atoms with Gasteiger partial charge in [0.1, 0.15) is 0 Å². The molecule has 0 spiro atoms. The van der Waals surface area contributed by atoms with E-state index in [0.29, 0.717) is 13.0 Å². The van der Waals surface area contributed by atoms with Crippen LogP contribution in [-0.2, 0) is 9.53 Å². The van der Waals surface area contributed by atoms with Crippen molar-refractivity contribution in [2.75, 3.05) is 26.7 Å². The first-order valence-corrected chi connectivity index (χ1v) is 6.83. The van der Waals surface area contributed by atoms with Gasteiger partial charge in [0.25, 0.3) is 0 Å². The molecule has 0 fully saturated rings. The summed E-state index contributed by atoms with van der Waals surface area (Å²) in [5.74, 6) is 0.569. The molecule has 114 valence electrons. The molecule has 0 saturated heterocycles. The number of ether oxygens (including phenoxy) is 1. The lowest BCUT2D eigenvalue weighted by Gasteiger charge is -2.10. The fraction of sp³-hybridized carbons (Fsp3) is 0.846. The maximum atomic E-state index is 11.0. The summed E-state index contributed by atoms with van der Waals surface area (Å²) in [6.07, 6.45) is 5.20. The van der Waals surface area contributed by atoms with Gasteiger partial charge in [-0.25, -0.2) is 0 Å². The highest BCUT2D eigenvalue weighted by atomic mass is 127. The van der Waals surface area contributed by atoms with E-state index < -0.39 is 0 Å². The second-order valence-corrected chi connectivity index (χ2v) is 4.07. The standard InChI is InChI=1S/C13H27N3O2.HI/c1-4-6-7-8-10-15-13(14-5-2)16-11-9-12(17)18-3;/h4-11H2,1-3H3,(H2,14,15,16);1H. The summed E-state index contributed by atoms with van der Waals surface area (Å²) in [6.45, 7) is 6.41.